The molecule has 12 aliphatic rings. The quantitative estimate of drug-likeness (QED) is 0.0901. The molecule has 16 amide bonds. The summed E-state index contributed by atoms with van der Waals surface area (Å²) in [5, 5.41) is 1.26. The van der Waals surface area contributed by atoms with Crippen molar-refractivity contribution < 1.29 is 62.0 Å². The number of nitrogens with zero attached hydrogens (tertiary/aromatic N) is 12. The fraction of sp³-hybridized carbons (Fsp3) is 0.321. The number of aryl methyl sites for hydroxylation is 4. The van der Waals surface area contributed by atoms with E-state index in [1.54, 1.807) is 24.3 Å². The van der Waals surface area contributed by atoms with Crippen LogP contribution in [-0.4, -0.2) is 260 Å². The molecule has 12 aliphatic heterocycles. The van der Waals surface area contributed by atoms with Gasteiger partial charge in [-0.15, -0.1) is 0 Å². The number of hydrogen-bond acceptors (Lipinski definition) is 18. The summed E-state index contributed by atoms with van der Waals surface area (Å²) in [4.78, 5) is 171. The van der Waals surface area contributed by atoms with Gasteiger partial charge in [-0.1, -0.05) is 0 Å². The number of para-hydroxylation sites is 4. The Hall–Kier alpha value is -11.3. The first-order valence-corrected chi connectivity index (χ1v) is 59.2. The third-order valence-electron chi connectivity index (χ3n) is 31.4. The molecule has 4 fully saturated rings. The van der Waals surface area contributed by atoms with Gasteiger partial charge >= 0.3 is 888 Å². The van der Waals surface area contributed by atoms with E-state index in [-0.39, 0.29) is 138 Å². The van der Waals surface area contributed by atoms with Crippen molar-refractivity contribution in [2.75, 3.05) is 76.0 Å². The topological polar surface area (TPSA) is 257 Å². The Balaban J connectivity index is 0.000000113. The number of amides is 16. The van der Waals surface area contributed by atoms with Crippen LogP contribution in [0.5, 0.6) is 0 Å². The van der Waals surface area contributed by atoms with Gasteiger partial charge in [-0.25, -0.2) is 0 Å². The van der Waals surface area contributed by atoms with Crippen molar-refractivity contribution in [1.29, 1.82) is 0 Å². The molecule has 12 aromatic rings. The number of barbiturate groups is 4. The van der Waals surface area contributed by atoms with Crippen molar-refractivity contribution in [3.63, 3.8) is 0 Å². The summed E-state index contributed by atoms with van der Waals surface area (Å²) in [7, 11) is 11.3. The van der Waals surface area contributed by atoms with Crippen LogP contribution in [0.25, 0.3) is 24.3 Å². The first-order valence-electron chi connectivity index (χ1n) is 47.5. The van der Waals surface area contributed by atoms with E-state index in [4.69, 9.17) is 4.42 Å². The Kier molecular flexibility index (Phi) is 22.7. The number of carbonyl (C=O) groups is 12. The molecule has 0 aliphatic carbocycles. The van der Waals surface area contributed by atoms with E-state index in [0.717, 1.165) is 84.3 Å². The second-order valence-electron chi connectivity index (χ2n) is 43.2. The van der Waals surface area contributed by atoms with Crippen molar-refractivity contribution in [2.45, 2.75) is 182 Å². The van der Waals surface area contributed by atoms with Gasteiger partial charge in [0.1, 0.15) is 0 Å². The molecule has 0 atom stereocenters. The third-order valence-corrected chi connectivity index (χ3v) is 46.5. The molecule has 20 heterocycles. The minimum atomic E-state index is -0.619. The summed E-state index contributed by atoms with van der Waals surface area (Å²) < 4.78 is 21.0. The number of likely N-dealkylation sites (N-methyl/N-ethyl adjacent to an activating group) is 8. The monoisotopic (exact) mass is 2390 g/mol. The van der Waals surface area contributed by atoms with Crippen LogP contribution >= 0.6 is 11.3 Å². The minimum absolute atomic E-state index is 0.0119. The summed E-state index contributed by atoms with van der Waals surface area (Å²) in [6.45, 7) is 45.2. The molecule has 8 aromatic heterocycles. The van der Waals surface area contributed by atoms with Gasteiger partial charge in [-0.05, 0) is 0 Å². The molecule has 4 aromatic carbocycles. The van der Waals surface area contributed by atoms with Crippen molar-refractivity contribution in [3.05, 3.63) is 269 Å². The van der Waals surface area contributed by atoms with E-state index in [1.807, 2.05) is 18.3 Å². The van der Waals surface area contributed by atoms with E-state index in [2.05, 4.69) is 272 Å². The molecular weight excluding hydrogens is 2280 g/mol. The van der Waals surface area contributed by atoms with Gasteiger partial charge in [0.25, 0.3) is 0 Å². The maximum absolute atomic E-state index is 12.9. The molecule has 24 rings (SSSR count). The van der Waals surface area contributed by atoms with Crippen LogP contribution in [0.2, 0.25) is 0 Å². The van der Waals surface area contributed by atoms with Crippen LogP contribution in [-0.2, 0) is 81.7 Å². The molecule has 0 N–H and O–H groups in total. The number of benzene rings is 4. The van der Waals surface area contributed by atoms with Gasteiger partial charge in [0, 0.05) is 0 Å². The molecule has 4 saturated heterocycles. The van der Waals surface area contributed by atoms with Crippen LogP contribution in [0.4, 0.5) is 79.3 Å². The fourth-order valence-corrected chi connectivity index (χ4v) is 41.3. The number of thiophene rings is 1. The normalized spacial score (nSPS) is 19.4. The second kappa shape index (κ2) is 33.1. The zero-order valence-electron chi connectivity index (χ0n) is 85.4. The Morgan fingerprint density at radius 2 is 0.535 bits per heavy atom. The van der Waals surface area contributed by atoms with E-state index < -0.39 is 91.8 Å². The van der Waals surface area contributed by atoms with Crippen LogP contribution in [0, 0.1) is 27.7 Å². The number of anilines is 12. The van der Waals surface area contributed by atoms with E-state index in [1.165, 1.54) is 197 Å². The van der Waals surface area contributed by atoms with Gasteiger partial charge in [-0.2, -0.15) is 0 Å². The molecule has 0 radical (unpaired) electrons. The number of urea groups is 4. The molecule has 25 nitrogen and oxygen atoms in total. The Morgan fingerprint density at radius 3 is 0.868 bits per heavy atom. The van der Waals surface area contributed by atoms with Crippen molar-refractivity contribution >= 4 is 260 Å². The SMILES string of the molecule is Cc1cc2c([se]1)N1c3[se]c(C=C4C(=O)N(C)C(=O)N(C)C4=O)cc3C(C)(C)c3cccc(c31)C2(C)C.Cc1cc2c([te]1)N1c3[se]c(C=C4C(=O)N(C)C(=O)N(C)C4=O)cc3C(C)(C)c3cccc(c31)C2(C)C.Cc1cc2c(o1)N1c3[se]c(C=C4C(=O)N(C)C(=O)N(C)C4=O)cc3C(C)(C)c3cccc(c31)C2(C)C.Cc1cc2c(s1)N1c3[se]c(C=C4C(=O)N(C)C(=O)N(C)C4=O)cc3C(C)(C)c3cccc(c31)C2(C)C. The molecule has 144 heavy (non-hydrogen) atoms. The number of fused-ring (bicyclic) bond motifs is 16. The first kappa shape index (κ1) is 98.7. The zero-order valence-corrected chi connectivity index (χ0v) is 97.1. The molecule has 0 unspecified atom stereocenters. The molecule has 736 valence electrons. The van der Waals surface area contributed by atoms with Crippen molar-refractivity contribution in [3.8, 4) is 0 Å². The number of rotatable bonds is 4. The third kappa shape index (κ3) is 14.0. The second-order valence-corrected chi connectivity index (χ2v) is 59.5. The molecule has 0 bridgehead atoms. The van der Waals surface area contributed by atoms with Crippen LogP contribution in [0.15, 0.2) is 148 Å². The molecule has 0 saturated carbocycles. The zero-order chi connectivity index (χ0) is 104. The Bertz CT molecular complexity index is 7050. The summed E-state index contributed by atoms with van der Waals surface area (Å²) >= 11 is 1.08. The Morgan fingerprint density at radius 1 is 0.278 bits per heavy atom. The van der Waals surface area contributed by atoms with Gasteiger partial charge in [0.15, 0.2) is 0 Å². The predicted molar refractivity (Wildman–Crippen MR) is 568 cm³/mol. The Labute approximate surface area is 880 Å². The van der Waals surface area contributed by atoms with Crippen LogP contribution in [0.3, 0.4) is 0 Å². The molecular formula is C112H108N12O13SSe5Te. The van der Waals surface area contributed by atoms with E-state index in [9.17, 15) is 57.5 Å². The summed E-state index contributed by atoms with van der Waals surface area (Å²) in [6, 6.07) is 42.1. The molecule has 0 spiro atoms. The fourth-order valence-electron chi connectivity index (χ4n) is 22.8. The first-order chi connectivity index (χ1) is 67.4. The number of carbonyl (C=O) groups excluding carboxylic acids is 12. The summed E-state index contributed by atoms with van der Waals surface area (Å²) in [5.41, 5.74) is 24.5. The van der Waals surface area contributed by atoms with E-state index >= 15 is 0 Å². The van der Waals surface area contributed by atoms with Crippen LogP contribution in [0.1, 0.15) is 236 Å². The van der Waals surface area contributed by atoms with Gasteiger partial charge in [0.2, 0.25) is 0 Å². The number of furan rings is 1. The maximum atomic E-state index is 12.9. The predicted octanol–water partition coefficient (Wildman–Crippen LogP) is 18.7. The van der Waals surface area contributed by atoms with E-state index in [0.29, 0.717) is 0 Å². The van der Waals surface area contributed by atoms with Gasteiger partial charge in [0.05, 0.1) is 0 Å². The van der Waals surface area contributed by atoms with Crippen molar-refractivity contribution in [2.24, 2.45) is 0 Å². The number of hydrogen-bond donors (Lipinski definition) is 0. The number of imide groups is 8. The van der Waals surface area contributed by atoms with Gasteiger partial charge in [-0.3, -0.25) is 0 Å². The summed E-state index contributed by atoms with van der Waals surface area (Å²) in [5.74, 6) is -2.70. The van der Waals surface area contributed by atoms with Crippen molar-refractivity contribution in [1.82, 2.24) is 39.2 Å². The standard InChI is InChI=1S/C28H27N3O4Se.C28H27N3O3SSe.C28H27N3O3Se2.C28H27N3O3SeTe/c3*1-14-11-19-24(35-14)31-21-17(27(19,2)3)9-8-10-18(21)28(4,5)20-13-15(36-25(20)31)12-16-22(32)29(6)26(34)30(7)23(16)33;1-14-11-20-25(36-14)31-21-17(9-8-10-18(21)28(20,4)5)27(2,3)19-13-15(35-24(19)31)12-16-22(32)29(6)26(34)30(7)23(16)33/h4*8-13H,1-7H3. The van der Waals surface area contributed by atoms with Crippen LogP contribution < -0.4 is 19.6 Å². The summed E-state index contributed by atoms with van der Waals surface area (Å²) in [6.07, 6.45) is 6.82. The average molecular weight is 2380 g/mol. The average Bonchev–Trinajstić information content (AvgIpc) is 1.17. The van der Waals surface area contributed by atoms with Gasteiger partial charge < -0.3 is 0 Å². The molecule has 32 heteroatoms.